The predicted octanol–water partition coefficient (Wildman–Crippen LogP) is 2.98. The average molecular weight is 259 g/mol. The van der Waals surface area contributed by atoms with Crippen molar-refractivity contribution in [2.24, 2.45) is 0 Å². The number of rotatable bonds is 5. The van der Waals surface area contributed by atoms with Gasteiger partial charge in [0.1, 0.15) is 5.75 Å². The molecule has 1 aromatic carbocycles. The van der Waals surface area contributed by atoms with Crippen molar-refractivity contribution < 1.29 is 4.74 Å². The average Bonchev–Trinajstić information content (AvgIpc) is 2.76. The Bertz CT molecular complexity index is 543. The van der Waals surface area contributed by atoms with Gasteiger partial charge in [-0.05, 0) is 44.0 Å². The van der Waals surface area contributed by atoms with E-state index < -0.39 is 0 Å². The molecule has 0 atom stereocenters. The second-order valence-electron chi connectivity index (χ2n) is 4.35. The van der Waals surface area contributed by atoms with Gasteiger partial charge in [0.05, 0.1) is 29.4 Å². The van der Waals surface area contributed by atoms with Gasteiger partial charge in [-0.25, -0.2) is 4.68 Å². The Morgan fingerprint density at radius 1 is 1.11 bits per heavy atom. The summed E-state index contributed by atoms with van der Waals surface area (Å²) < 4.78 is 7.38. The molecule has 2 N–H and O–H groups in total. The molecule has 0 amide bonds. The SMILES string of the molecule is CCOc1ccc(-n2nc(CC)c(N)c2CC)cc1. The predicted molar refractivity (Wildman–Crippen MR) is 77.9 cm³/mol. The van der Waals surface area contributed by atoms with E-state index in [-0.39, 0.29) is 0 Å². The number of nitrogens with two attached hydrogens (primary N) is 1. The van der Waals surface area contributed by atoms with E-state index in [1.165, 1.54) is 0 Å². The van der Waals surface area contributed by atoms with Crippen molar-refractivity contribution in [2.75, 3.05) is 12.3 Å². The van der Waals surface area contributed by atoms with Crippen molar-refractivity contribution >= 4 is 5.69 Å². The maximum Gasteiger partial charge on any atom is 0.119 e. The van der Waals surface area contributed by atoms with Crippen LogP contribution >= 0.6 is 0 Å². The lowest BCUT2D eigenvalue weighted by Crippen LogP contribution is -2.02. The summed E-state index contributed by atoms with van der Waals surface area (Å²) in [5.74, 6) is 0.875. The van der Waals surface area contributed by atoms with Crippen LogP contribution in [0, 0.1) is 0 Å². The summed E-state index contributed by atoms with van der Waals surface area (Å²) in [5, 5.41) is 4.60. The van der Waals surface area contributed by atoms with Crippen molar-refractivity contribution in [1.82, 2.24) is 9.78 Å². The zero-order valence-electron chi connectivity index (χ0n) is 11.8. The van der Waals surface area contributed by atoms with Gasteiger partial charge in [0.15, 0.2) is 0 Å². The number of aryl methyl sites for hydroxylation is 1. The number of benzene rings is 1. The third kappa shape index (κ3) is 2.57. The summed E-state index contributed by atoms with van der Waals surface area (Å²) in [7, 11) is 0. The molecule has 0 aliphatic heterocycles. The minimum atomic E-state index is 0.675. The molecule has 0 radical (unpaired) electrons. The van der Waals surface area contributed by atoms with E-state index in [0.29, 0.717) is 6.61 Å². The molecule has 0 saturated heterocycles. The molecule has 0 aliphatic carbocycles. The Labute approximate surface area is 114 Å². The van der Waals surface area contributed by atoms with Crippen LogP contribution in [0.2, 0.25) is 0 Å². The number of nitrogen functional groups attached to an aromatic ring is 1. The van der Waals surface area contributed by atoms with Crippen LogP contribution < -0.4 is 10.5 Å². The lowest BCUT2D eigenvalue weighted by atomic mass is 10.2. The number of ether oxygens (including phenoxy) is 1. The topological polar surface area (TPSA) is 53.1 Å². The van der Waals surface area contributed by atoms with Crippen LogP contribution in [0.3, 0.4) is 0 Å². The minimum absolute atomic E-state index is 0.675. The normalized spacial score (nSPS) is 10.7. The summed E-state index contributed by atoms with van der Waals surface area (Å²) in [6, 6.07) is 7.94. The lowest BCUT2D eigenvalue weighted by molar-refractivity contribution is 0.340. The van der Waals surface area contributed by atoms with Gasteiger partial charge < -0.3 is 10.5 Å². The van der Waals surface area contributed by atoms with Crippen LogP contribution in [-0.4, -0.2) is 16.4 Å². The molecule has 0 unspecified atom stereocenters. The second kappa shape index (κ2) is 5.78. The van der Waals surface area contributed by atoms with Gasteiger partial charge in [-0.1, -0.05) is 13.8 Å². The highest BCUT2D eigenvalue weighted by Gasteiger charge is 2.13. The standard InChI is InChI=1S/C15H21N3O/c1-4-13-15(16)14(5-2)18(17-13)11-7-9-12(10-8-11)19-6-3/h7-10H,4-6,16H2,1-3H3. The Balaban J connectivity index is 2.40. The fraction of sp³-hybridized carbons (Fsp3) is 0.400. The van der Waals surface area contributed by atoms with Gasteiger partial charge >= 0.3 is 0 Å². The molecule has 4 nitrogen and oxygen atoms in total. The molecule has 0 saturated carbocycles. The third-order valence-electron chi connectivity index (χ3n) is 3.16. The third-order valence-corrected chi connectivity index (χ3v) is 3.16. The Kier molecular flexibility index (Phi) is 4.10. The van der Waals surface area contributed by atoms with Crippen molar-refractivity contribution in [2.45, 2.75) is 33.6 Å². The molecule has 0 fully saturated rings. The maximum atomic E-state index is 6.13. The molecule has 102 valence electrons. The molecular weight excluding hydrogens is 238 g/mol. The number of hydrogen-bond acceptors (Lipinski definition) is 3. The van der Waals surface area contributed by atoms with Gasteiger partial charge in [0.25, 0.3) is 0 Å². The van der Waals surface area contributed by atoms with E-state index in [4.69, 9.17) is 10.5 Å². The van der Waals surface area contributed by atoms with Crippen molar-refractivity contribution in [1.29, 1.82) is 0 Å². The van der Waals surface area contributed by atoms with E-state index >= 15 is 0 Å². The zero-order valence-corrected chi connectivity index (χ0v) is 11.8. The van der Waals surface area contributed by atoms with Gasteiger partial charge in [0.2, 0.25) is 0 Å². The summed E-state index contributed by atoms with van der Waals surface area (Å²) in [4.78, 5) is 0. The first-order valence-electron chi connectivity index (χ1n) is 6.80. The largest absolute Gasteiger partial charge is 0.494 e. The van der Waals surface area contributed by atoms with E-state index in [0.717, 1.165) is 41.4 Å². The Morgan fingerprint density at radius 3 is 2.32 bits per heavy atom. The highest BCUT2D eigenvalue weighted by atomic mass is 16.5. The molecular formula is C15H21N3O. The monoisotopic (exact) mass is 259 g/mol. The van der Waals surface area contributed by atoms with E-state index in [1.807, 2.05) is 35.9 Å². The smallest absolute Gasteiger partial charge is 0.119 e. The van der Waals surface area contributed by atoms with Crippen LogP contribution in [0.4, 0.5) is 5.69 Å². The van der Waals surface area contributed by atoms with Crippen LogP contribution in [0.15, 0.2) is 24.3 Å². The van der Waals surface area contributed by atoms with E-state index in [2.05, 4.69) is 18.9 Å². The van der Waals surface area contributed by atoms with Crippen molar-refractivity contribution in [3.63, 3.8) is 0 Å². The molecule has 2 aromatic rings. The summed E-state index contributed by atoms with van der Waals surface area (Å²) >= 11 is 0. The summed E-state index contributed by atoms with van der Waals surface area (Å²) in [6.07, 6.45) is 1.72. The maximum absolute atomic E-state index is 6.13. The first-order chi connectivity index (χ1) is 9.21. The second-order valence-corrected chi connectivity index (χ2v) is 4.35. The molecule has 19 heavy (non-hydrogen) atoms. The fourth-order valence-electron chi connectivity index (χ4n) is 2.18. The molecule has 1 aromatic heterocycles. The Morgan fingerprint density at radius 2 is 1.79 bits per heavy atom. The van der Waals surface area contributed by atoms with Crippen molar-refractivity contribution in [3.8, 4) is 11.4 Å². The summed E-state index contributed by atoms with van der Waals surface area (Å²) in [5.41, 5.74) is 10.0. The highest BCUT2D eigenvalue weighted by molar-refractivity contribution is 5.52. The summed E-state index contributed by atoms with van der Waals surface area (Å²) in [6.45, 7) is 6.82. The van der Waals surface area contributed by atoms with E-state index in [1.54, 1.807) is 0 Å². The van der Waals surface area contributed by atoms with Crippen molar-refractivity contribution in [3.05, 3.63) is 35.7 Å². The van der Waals surface area contributed by atoms with Crippen LogP contribution in [0.5, 0.6) is 5.75 Å². The van der Waals surface area contributed by atoms with Gasteiger partial charge in [-0.15, -0.1) is 0 Å². The van der Waals surface area contributed by atoms with Gasteiger partial charge in [-0.2, -0.15) is 5.10 Å². The molecule has 0 aliphatic rings. The quantitative estimate of drug-likeness (QED) is 0.898. The first-order valence-corrected chi connectivity index (χ1v) is 6.80. The molecule has 0 bridgehead atoms. The minimum Gasteiger partial charge on any atom is -0.494 e. The van der Waals surface area contributed by atoms with Gasteiger partial charge in [0, 0.05) is 0 Å². The number of anilines is 1. The number of nitrogens with zero attached hydrogens (tertiary/aromatic N) is 2. The lowest BCUT2D eigenvalue weighted by Gasteiger charge is -2.08. The fourth-order valence-corrected chi connectivity index (χ4v) is 2.18. The molecule has 4 heteroatoms. The molecule has 2 rings (SSSR count). The Hall–Kier alpha value is -1.97. The molecule has 1 heterocycles. The molecule has 0 spiro atoms. The number of hydrogen-bond donors (Lipinski definition) is 1. The van der Waals surface area contributed by atoms with E-state index in [9.17, 15) is 0 Å². The first kappa shape index (κ1) is 13.5. The number of aromatic nitrogens is 2. The zero-order chi connectivity index (χ0) is 13.8. The van der Waals surface area contributed by atoms with Gasteiger partial charge in [-0.3, -0.25) is 0 Å². The van der Waals surface area contributed by atoms with Crippen LogP contribution in [0.1, 0.15) is 32.2 Å². The van der Waals surface area contributed by atoms with Crippen LogP contribution in [-0.2, 0) is 12.8 Å². The van der Waals surface area contributed by atoms with Crippen LogP contribution in [0.25, 0.3) is 5.69 Å². The highest BCUT2D eigenvalue weighted by Crippen LogP contribution is 2.23.